The molecule has 1 N–H and O–H groups in total. The second-order valence-corrected chi connectivity index (χ2v) is 8.87. The fourth-order valence-corrected chi connectivity index (χ4v) is 5.61. The molecular weight excluding hydrogens is 388 g/mol. The van der Waals surface area contributed by atoms with Crippen LogP contribution in [0, 0.1) is 18.6 Å². The van der Waals surface area contributed by atoms with Crippen molar-refractivity contribution in [2.24, 2.45) is 0 Å². The summed E-state index contributed by atoms with van der Waals surface area (Å²) >= 11 is 2.99. The van der Waals surface area contributed by atoms with Gasteiger partial charge in [-0.15, -0.1) is 11.3 Å². The third-order valence-electron chi connectivity index (χ3n) is 4.51. The number of rotatable bonds is 4. The summed E-state index contributed by atoms with van der Waals surface area (Å²) in [6.07, 6.45) is 3.18. The third kappa shape index (κ3) is 3.43. The van der Waals surface area contributed by atoms with Crippen molar-refractivity contribution in [1.29, 1.82) is 0 Å². The van der Waals surface area contributed by atoms with Crippen molar-refractivity contribution in [3.05, 3.63) is 46.1 Å². The summed E-state index contributed by atoms with van der Waals surface area (Å²) in [5, 5.41) is 3.57. The molecule has 4 rings (SSSR count). The van der Waals surface area contributed by atoms with Crippen LogP contribution in [0.3, 0.4) is 0 Å². The number of carbonyl (C=O) groups excluding carboxylic acids is 1. The van der Waals surface area contributed by atoms with Crippen LogP contribution in [0.4, 0.5) is 14.5 Å². The Balaban J connectivity index is 1.61. The van der Waals surface area contributed by atoms with Crippen molar-refractivity contribution in [1.82, 2.24) is 9.97 Å². The number of nitrogens with zero attached hydrogens (tertiary/aromatic N) is 2. The van der Waals surface area contributed by atoms with E-state index in [0.29, 0.717) is 5.82 Å². The molecule has 2 heterocycles. The molecule has 0 unspecified atom stereocenters. The number of para-hydroxylation sites is 1. The Kier molecular flexibility index (Phi) is 4.86. The van der Waals surface area contributed by atoms with E-state index >= 15 is 0 Å². The maximum atomic E-state index is 13.8. The monoisotopic (exact) mass is 405 g/mol. The van der Waals surface area contributed by atoms with Gasteiger partial charge in [0.2, 0.25) is 5.91 Å². The first-order valence-electron chi connectivity index (χ1n) is 8.64. The number of hydrogen-bond acceptors (Lipinski definition) is 5. The highest BCUT2D eigenvalue weighted by Crippen LogP contribution is 2.41. The van der Waals surface area contributed by atoms with Crippen LogP contribution < -0.4 is 5.32 Å². The Hall–Kier alpha value is -2.06. The Labute approximate surface area is 163 Å². The molecule has 1 aliphatic rings. The summed E-state index contributed by atoms with van der Waals surface area (Å²) in [5.41, 5.74) is 0.862. The second kappa shape index (κ2) is 7.16. The van der Waals surface area contributed by atoms with E-state index in [1.807, 2.05) is 6.92 Å². The van der Waals surface area contributed by atoms with Gasteiger partial charge in [-0.2, -0.15) is 0 Å². The van der Waals surface area contributed by atoms with E-state index in [4.69, 9.17) is 0 Å². The molecule has 0 saturated carbocycles. The number of anilines is 1. The van der Waals surface area contributed by atoms with Crippen LogP contribution in [0.25, 0.3) is 10.2 Å². The SMILES string of the molecule is Cc1nc(S[C@H](C)C(=O)Nc2c(F)cccc2F)c2c3c(sc2n1)CCC3. The van der Waals surface area contributed by atoms with Crippen LogP contribution in [0.15, 0.2) is 23.2 Å². The van der Waals surface area contributed by atoms with Gasteiger partial charge in [0.25, 0.3) is 0 Å². The maximum absolute atomic E-state index is 13.8. The molecular formula is C19H17F2N3OS2. The van der Waals surface area contributed by atoms with Crippen molar-refractivity contribution in [3.8, 4) is 0 Å². The zero-order valence-corrected chi connectivity index (χ0v) is 16.4. The minimum Gasteiger partial charge on any atom is -0.320 e. The number of thioether (sulfide) groups is 1. The van der Waals surface area contributed by atoms with Gasteiger partial charge >= 0.3 is 0 Å². The summed E-state index contributed by atoms with van der Waals surface area (Å²) in [6.45, 7) is 3.53. The number of hydrogen-bond donors (Lipinski definition) is 1. The van der Waals surface area contributed by atoms with E-state index in [1.54, 1.807) is 18.3 Å². The zero-order chi connectivity index (χ0) is 19.1. The molecule has 0 aliphatic heterocycles. The summed E-state index contributed by atoms with van der Waals surface area (Å²) in [7, 11) is 0. The predicted octanol–water partition coefficient (Wildman–Crippen LogP) is 4.89. The van der Waals surface area contributed by atoms with Crippen LogP contribution in [-0.2, 0) is 17.6 Å². The standard InChI is InChI=1S/C19H17F2N3OS2/c1-9(17(25)24-16-12(20)6-4-7-13(16)21)26-18-15-11-5-3-8-14(11)27-19(15)23-10(2)22-18/h4,6-7,9H,3,5,8H2,1-2H3,(H,24,25)/t9-/m1/s1. The molecule has 3 aromatic rings. The molecule has 1 aromatic carbocycles. The molecule has 1 aliphatic carbocycles. The van der Waals surface area contributed by atoms with Gasteiger partial charge in [0.05, 0.1) is 5.25 Å². The first-order chi connectivity index (χ1) is 12.9. The number of halogens is 2. The van der Waals surface area contributed by atoms with E-state index in [1.165, 1.54) is 28.3 Å². The first-order valence-corrected chi connectivity index (χ1v) is 10.3. The average Bonchev–Trinajstić information content (AvgIpc) is 3.18. The Bertz CT molecular complexity index is 1030. The van der Waals surface area contributed by atoms with Gasteiger partial charge in [-0.3, -0.25) is 4.79 Å². The predicted molar refractivity (Wildman–Crippen MR) is 104 cm³/mol. The normalized spacial score (nSPS) is 14.4. The molecule has 140 valence electrons. The molecule has 1 amide bonds. The lowest BCUT2D eigenvalue weighted by molar-refractivity contribution is -0.115. The summed E-state index contributed by atoms with van der Waals surface area (Å²) < 4.78 is 27.6. The maximum Gasteiger partial charge on any atom is 0.237 e. The third-order valence-corrected chi connectivity index (χ3v) is 6.78. The van der Waals surface area contributed by atoms with Crippen LogP contribution in [0.1, 0.15) is 29.6 Å². The highest BCUT2D eigenvalue weighted by atomic mass is 32.2. The summed E-state index contributed by atoms with van der Waals surface area (Å²) in [5.74, 6) is -1.41. The molecule has 4 nitrogen and oxygen atoms in total. The number of fused-ring (bicyclic) bond motifs is 3. The number of aromatic nitrogens is 2. The average molecular weight is 405 g/mol. The quantitative estimate of drug-likeness (QED) is 0.496. The molecule has 0 bridgehead atoms. The van der Waals surface area contributed by atoms with E-state index in [2.05, 4.69) is 15.3 Å². The van der Waals surface area contributed by atoms with Gasteiger partial charge in [-0.05, 0) is 50.8 Å². The minimum atomic E-state index is -0.795. The molecule has 0 spiro atoms. The van der Waals surface area contributed by atoms with Gasteiger partial charge in [0.15, 0.2) is 0 Å². The molecule has 27 heavy (non-hydrogen) atoms. The zero-order valence-electron chi connectivity index (χ0n) is 14.8. The highest BCUT2D eigenvalue weighted by Gasteiger charge is 2.25. The fraction of sp³-hybridized carbons (Fsp3) is 0.316. The van der Waals surface area contributed by atoms with Gasteiger partial charge in [0, 0.05) is 10.3 Å². The summed E-state index contributed by atoms with van der Waals surface area (Å²) in [4.78, 5) is 23.9. The van der Waals surface area contributed by atoms with E-state index < -0.39 is 28.5 Å². The molecule has 0 saturated heterocycles. The molecule has 1 atom stereocenters. The summed E-state index contributed by atoms with van der Waals surface area (Å²) in [6, 6.07) is 3.49. The van der Waals surface area contributed by atoms with E-state index in [0.717, 1.165) is 46.6 Å². The topological polar surface area (TPSA) is 54.9 Å². The number of nitrogens with one attached hydrogen (secondary N) is 1. The van der Waals surface area contributed by atoms with Crippen LogP contribution in [-0.4, -0.2) is 21.1 Å². The van der Waals surface area contributed by atoms with Crippen molar-refractivity contribution in [2.75, 3.05) is 5.32 Å². The van der Waals surface area contributed by atoms with Crippen LogP contribution in [0.5, 0.6) is 0 Å². The van der Waals surface area contributed by atoms with E-state index in [-0.39, 0.29) is 0 Å². The van der Waals surface area contributed by atoms with Crippen molar-refractivity contribution in [3.63, 3.8) is 0 Å². The smallest absolute Gasteiger partial charge is 0.237 e. The lowest BCUT2D eigenvalue weighted by atomic mass is 10.2. The molecule has 0 radical (unpaired) electrons. The molecule has 8 heteroatoms. The van der Waals surface area contributed by atoms with Gasteiger partial charge in [-0.25, -0.2) is 18.7 Å². The Morgan fingerprint density at radius 3 is 2.74 bits per heavy atom. The van der Waals surface area contributed by atoms with Crippen molar-refractivity contribution < 1.29 is 13.6 Å². The van der Waals surface area contributed by atoms with Crippen LogP contribution in [0.2, 0.25) is 0 Å². The van der Waals surface area contributed by atoms with Crippen molar-refractivity contribution >= 4 is 44.9 Å². The van der Waals surface area contributed by atoms with Gasteiger partial charge in [-0.1, -0.05) is 17.8 Å². The molecule has 2 aromatic heterocycles. The first kappa shape index (κ1) is 18.3. The second-order valence-electron chi connectivity index (χ2n) is 6.46. The Morgan fingerprint density at radius 1 is 1.26 bits per heavy atom. The van der Waals surface area contributed by atoms with E-state index in [9.17, 15) is 13.6 Å². The fourth-order valence-electron chi connectivity index (χ4n) is 3.21. The van der Waals surface area contributed by atoms with Crippen LogP contribution >= 0.6 is 23.1 Å². The van der Waals surface area contributed by atoms with Gasteiger partial charge in [0.1, 0.15) is 33.0 Å². The number of benzene rings is 1. The highest BCUT2D eigenvalue weighted by molar-refractivity contribution is 8.00. The minimum absolute atomic E-state index is 0.421. The molecule has 0 fully saturated rings. The lowest BCUT2D eigenvalue weighted by Crippen LogP contribution is -2.23. The number of thiophene rings is 1. The number of carbonyl (C=O) groups is 1. The Morgan fingerprint density at radius 2 is 2.00 bits per heavy atom. The van der Waals surface area contributed by atoms with Gasteiger partial charge < -0.3 is 5.32 Å². The van der Waals surface area contributed by atoms with Crippen molar-refractivity contribution in [2.45, 2.75) is 43.4 Å². The largest absolute Gasteiger partial charge is 0.320 e. The number of amides is 1. The number of aryl methyl sites for hydroxylation is 3. The lowest BCUT2D eigenvalue weighted by Gasteiger charge is -2.13.